The summed E-state index contributed by atoms with van der Waals surface area (Å²) >= 11 is 0. The lowest BCUT2D eigenvalue weighted by molar-refractivity contribution is 0.188. The van der Waals surface area contributed by atoms with Crippen molar-refractivity contribution in [3.8, 4) is 46.6 Å². The summed E-state index contributed by atoms with van der Waals surface area (Å²) in [5, 5.41) is 19.7. The molecule has 0 unspecified atom stereocenters. The molecule has 1 aliphatic rings. The fourth-order valence-electron chi connectivity index (χ4n) is 4.49. The molecule has 0 aromatic heterocycles. The maximum absolute atomic E-state index is 9.86. The number of nitrogens with zero attached hydrogens (tertiary/aromatic N) is 2. The van der Waals surface area contributed by atoms with Crippen LogP contribution < -0.4 is 28.4 Å². The van der Waals surface area contributed by atoms with Gasteiger partial charge >= 0.3 is 0 Å². The van der Waals surface area contributed by atoms with Gasteiger partial charge in [0.2, 0.25) is 11.5 Å². The van der Waals surface area contributed by atoms with Crippen LogP contribution in [0.5, 0.6) is 34.5 Å². The van der Waals surface area contributed by atoms with Gasteiger partial charge in [-0.1, -0.05) is 0 Å². The predicted molar refractivity (Wildman–Crippen MR) is 116 cm³/mol. The number of rotatable bonds is 8. The first kappa shape index (κ1) is 22.9. The van der Waals surface area contributed by atoms with Crippen LogP contribution in [0.4, 0.5) is 0 Å². The third-order valence-electron chi connectivity index (χ3n) is 5.99. The average Bonchev–Trinajstić information content (AvgIpc) is 2.82. The van der Waals surface area contributed by atoms with Gasteiger partial charge in [-0.25, -0.2) is 0 Å². The summed E-state index contributed by atoms with van der Waals surface area (Å²) in [4.78, 5) is 0. The molecule has 3 rings (SSSR count). The molecule has 8 heteroatoms. The van der Waals surface area contributed by atoms with Crippen molar-refractivity contribution in [3.05, 3.63) is 35.4 Å². The molecule has 4 atom stereocenters. The standard InChI is InChI=1S/C24H26N2O6/c1-27-17-7-13(8-18(28-2)23(17)31-5)21-15(11-25)16(12-26)22(21)14-9-19(29-3)24(32-6)20(10-14)30-4/h7-10,15-16,21-22H,1-6H3/t15-,16+,21-,22-/m1/s1. The zero-order chi connectivity index (χ0) is 23.4. The Morgan fingerprint density at radius 1 is 0.531 bits per heavy atom. The second-order valence-electron chi connectivity index (χ2n) is 7.28. The number of methoxy groups -OCH3 is 6. The van der Waals surface area contributed by atoms with Crippen molar-refractivity contribution in [2.75, 3.05) is 42.7 Å². The zero-order valence-corrected chi connectivity index (χ0v) is 19.0. The van der Waals surface area contributed by atoms with E-state index in [1.165, 1.54) is 14.2 Å². The number of hydrogen-bond donors (Lipinski definition) is 0. The lowest BCUT2D eigenvalue weighted by Gasteiger charge is -2.46. The van der Waals surface area contributed by atoms with E-state index in [-0.39, 0.29) is 11.8 Å². The third-order valence-corrected chi connectivity index (χ3v) is 5.99. The van der Waals surface area contributed by atoms with Crippen molar-refractivity contribution >= 4 is 0 Å². The minimum atomic E-state index is -0.508. The van der Waals surface area contributed by atoms with Gasteiger partial charge in [-0.3, -0.25) is 0 Å². The highest BCUT2D eigenvalue weighted by Gasteiger charge is 2.53. The Morgan fingerprint density at radius 3 is 1.00 bits per heavy atom. The summed E-state index contributed by atoms with van der Waals surface area (Å²) in [7, 11) is 9.23. The predicted octanol–water partition coefficient (Wildman–Crippen LogP) is 3.90. The van der Waals surface area contributed by atoms with E-state index >= 15 is 0 Å². The van der Waals surface area contributed by atoms with Gasteiger partial charge in [0.15, 0.2) is 23.0 Å². The summed E-state index contributed by atoms with van der Waals surface area (Å²) in [5.41, 5.74) is 1.63. The molecule has 2 aromatic rings. The van der Waals surface area contributed by atoms with E-state index in [1.807, 2.05) is 24.3 Å². The largest absolute Gasteiger partial charge is 0.493 e. The third kappa shape index (κ3) is 3.58. The van der Waals surface area contributed by atoms with Crippen molar-refractivity contribution in [1.29, 1.82) is 10.5 Å². The van der Waals surface area contributed by atoms with Crippen molar-refractivity contribution in [3.63, 3.8) is 0 Å². The van der Waals surface area contributed by atoms with Crippen LogP contribution in [0, 0.1) is 34.5 Å². The Balaban J connectivity index is 2.19. The molecule has 1 fully saturated rings. The molecule has 0 amide bonds. The SMILES string of the molecule is COc1cc([C@@H]2[C@H](C#N)[C@H](C#N)[C@H]2c2cc(OC)c(OC)c(OC)c2)cc(OC)c1OC. The number of hydrogen-bond acceptors (Lipinski definition) is 8. The number of benzene rings is 2. The van der Waals surface area contributed by atoms with Crippen LogP contribution in [-0.2, 0) is 0 Å². The first-order valence-electron chi connectivity index (χ1n) is 9.92. The van der Waals surface area contributed by atoms with Crippen molar-refractivity contribution in [1.82, 2.24) is 0 Å². The van der Waals surface area contributed by atoms with Crippen LogP contribution in [0.15, 0.2) is 24.3 Å². The van der Waals surface area contributed by atoms with E-state index in [4.69, 9.17) is 28.4 Å². The maximum atomic E-state index is 9.86. The Morgan fingerprint density at radius 2 is 0.812 bits per heavy atom. The van der Waals surface area contributed by atoms with Crippen LogP contribution in [0.1, 0.15) is 23.0 Å². The molecule has 0 saturated heterocycles. The molecule has 0 radical (unpaired) electrons. The van der Waals surface area contributed by atoms with E-state index in [9.17, 15) is 10.5 Å². The van der Waals surface area contributed by atoms with Gasteiger partial charge in [0, 0.05) is 11.8 Å². The Labute approximate surface area is 187 Å². The Hall–Kier alpha value is -3.78. The quantitative estimate of drug-likeness (QED) is 0.611. The summed E-state index contributed by atoms with van der Waals surface area (Å²) < 4.78 is 32.8. The molecule has 168 valence electrons. The summed E-state index contributed by atoms with van der Waals surface area (Å²) in [6, 6.07) is 11.9. The van der Waals surface area contributed by atoms with E-state index in [2.05, 4.69) is 12.1 Å². The van der Waals surface area contributed by atoms with Crippen LogP contribution >= 0.6 is 0 Å². The van der Waals surface area contributed by atoms with Gasteiger partial charge in [0.25, 0.3) is 0 Å². The van der Waals surface area contributed by atoms with E-state index in [0.29, 0.717) is 34.5 Å². The highest BCUT2D eigenvalue weighted by atomic mass is 16.5. The smallest absolute Gasteiger partial charge is 0.203 e. The van der Waals surface area contributed by atoms with Crippen molar-refractivity contribution < 1.29 is 28.4 Å². The molecular weight excluding hydrogens is 412 g/mol. The first-order chi connectivity index (χ1) is 15.5. The van der Waals surface area contributed by atoms with Crippen molar-refractivity contribution in [2.45, 2.75) is 11.8 Å². The molecule has 0 spiro atoms. The summed E-state index contributed by atoms with van der Waals surface area (Å²) in [6.07, 6.45) is 0. The minimum Gasteiger partial charge on any atom is -0.493 e. The highest BCUT2D eigenvalue weighted by molar-refractivity contribution is 5.59. The maximum Gasteiger partial charge on any atom is 0.203 e. The van der Waals surface area contributed by atoms with E-state index < -0.39 is 11.8 Å². The van der Waals surface area contributed by atoms with Gasteiger partial charge in [0.1, 0.15) is 0 Å². The molecule has 1 saturated carbocycles. The molecule has 1 aliphatic carbocycles. The van der Waals surface area contributed by atoms with Gasteiger partial charge in [-0.15, -0.1) is 0 Å². The van der Waals surface area contributed by atoms with E-state index in [1.54, 1.807) is 28.4 Å². The van der Waals surface area contributed by atoms with Crippen LogP contribution in [0.3, 0.4) is 0 Å². The van der Waals surface area contributed by atoms with Gasteiger partial charge < -0.3 is 28.4 Å². The molecular formula is C24H26N2O6. The Kier molecular flexibility index (Phi) is 6.85. The molecule has 0 N–H and O–H groups in total. The molecule has 0 heterocycles. The zero-order valence-electron chi connectivity index (χ0n) is 19.0. The fraction of sp³-hybridized carbons (Fsp3) is 0.417. The molecule has 32 heavy (non-hydrogen) atoms. The van der Waals surface area contributed by atoms with Gasteiger partial charge in [-0.05, 0) is 35.4 Å². The fourth-order valence-corrected chi connectivity index (χ4v) is 4.49. The Bertz CT molecular complexity index is 936. The average molecular weight is 438 g/mol. The van der Waals surface area contributed by atoms with Crippen LogP contribution in [0.2, 0.25) is 0 Å². The van der Waals surface area contributed by atoms with E-state index in [0.717, 1.165) is 11.1 Å². The van der Waals surface area contributed by atoms with Crippen LogP contribution in [-0.4, -0.2) is 42.7 Å². The lowest BCUT2D eigenvalue weighted by Crippen LogP contribution is -2.42. The molecule has 0 aliphatic heterocycles. The van der Waals surface area contributed by atoms with Gasteiger partial charge in [0.05, 0.1) is 66.6 Å². The number of nitriles is 2. The molecule has 8 nitrogen and oxygen atoms in total. The normalized spacial score (nSPS) is 21.4. The first-order valence-corrected chi connectivity index (χ1v) is 9.92. The second-order valence-corrected chi connectivity index (χ2v) is 7.28. The van der Waals surface area contributed by atoms with Crippen molar-refractivity contribution in [2.24, 2.45) is 11.8 Å². The highest BCUT2D eigenvalue weighted by Crippen LogP contribution is 2.60. The monoisotopic (exact) mass is 438 g/mol. The topological polar surface area (TPSA) is 103 Å². The number of ether oxygens (including phenoxy) is 6. The minimum absolute atomic E-state index is 0.277. The summed E-state index contributed by atoms with van der Waals surface area (Å²) in [6.45, 7) is 0. The van der Waals surface area contributed by atoms with Gasteiger partial charge in [-0.2, -0.15) is 10.5 Å². The van der Waals surface area contributed by atoms with Crippen LogP contribution in [0.25, 0.3) is 0 Å². The lowest BCUT2D eigenvalue weighted by atomic mass is 9.53. The second kappa shape index (κ2) is 9.57. The molecule has 2 aromatic carbocycles. The summed E-state index contributed by atoms with van der Waals surface area (Å²) in [5.74, 6) is 1.32. The molecule has 0 bridgehead atoms.